The lowest BCUT2D eigenvalue weighted by Crippen LogP contribution is -2.49. The Bertz CT molecular complexity index is 975. The van der Waals surface area contributed by atoms with Gasteiger partial charge in [0.25, 0.3) is 5.91 Å². The molecule has 0 aliphatic carbocycles. The van der Waals surface area contributed by atoms with Crippen LogP contribution in [0.5, 0.6) is 0 Å². The topological polar surface area (TPSA) is 75.6 Å². The van der Waals surface area contributed by atoms with Gasteiger partial charge in [-0.3, -0.25) is 4.79 Å². The molecule has 178 valence electrons. The van der Waals surface area contributed by atoms with E-state index in [1.54, 1.807) is 11.0 Å². The number of carbonyl (C=O) groups is 2. The van der Waals surface area contributed by atoms with Crippen molar-refractivity contribution in [3.63, 3.8) is 0 Å². The van der Waals surface area contributed by atoms with Crippen molar-refractivity contribution >= 4 is 17.7 Å². The predicted octanol–water partition coefficient (Wildman–Crippen LogP) is 3.94. The number of benzene rings is 1. The molecule has 1 aliphatic heterocycles. The number of nitrogens with zero attached hydrogens (tertiary/aromatic N) is 4. The summed E-state index contributed by atoms with van der Waals surface area (Å²) >= 11 is 0. The molecule has 1 aromatic carbocycles. The molecule has 11 heteroatoms. The zero-order valence-corrected chi connectivity index (χ0v) is 18.1. The summed E-state index contributed by atoms with van der Waals surface area (Å²) < 4.78 is 58.4. The van der Waals surface area contributed by atoms with Gasteiger partial charge in [0.1, 0.15) is 5.82 Å². The van der Waals surface area contributed by atoms with Crippen LogP contribution in [0.15, 0.2) is 30.3 Å². The molecule has 1 saturated heterocycles. The fraction of sp³-hybridized carbons (Fsp3) is 0.455. The zero-order valence-electron chi connectivity index (χ0n) is 18.1. The van der Waals surface area contributed by atoms with Gasteiger partial charge in [0.15, 0.2) is 11.5 Å². The monoisotopic (exact) mass is 468 g/mol. The van der Waals surface area contributed by atoms with Gasteiger partial charge in [-0.15, -0.1) is 10.2 Å². The van der Waals surface area contributed by atoms with Crippen LogP contribution in [0.1, 0.15) is 52.6 Å². The number of carbonyl (C=O) groups excluding carboxylic acids is 2. The molecule has 0 saturated carbocycles. The lowest BCUT2D eigenvalue weighted by Gasteiger charge is -2.35. The number of halogens is 4. The van der Waals surface area contributed by atoms with Gasteiger partial charge in [-0.1, -0.05) is 19.8 Å². The normalized spacial score (nSPS) is 14.3. The van der Waals surface area contributed by atoms with E-state index in [9.17, 15) is 27.2 Å². The van der Waals surface area contributed by atoms with Crippen molar-refractivity contribution in [3.05, 3.63) is 53.0 Å². The molecule has 3 rings (SSSR count). The summed E-state index contributed by atoms with van der Waals surface area (Å²) in [6.07, 6.45) is -2.02. The zero-order chi connectivity index (χ0) is 24.0. The molecule has 0 N–H and O–H groups in total. The van der Waals surface area contributed by atoms with Gasteiger partial charge in [0.05, 0.1) is 17.7 Å². The highest BCUT2D eigenvalue weighted by molar-refractivity contribution is 5.96. The number of unbranched alkanes of at least 4 members (excludes halogenated alkanes) is 2. The van der Waals surface area contributed by atoms with Crippen LogP contribution >= 0.6 is 0 Å². The third-order valence-electron chi connectivity index (χ3n) is 5.25. The minimum absolute atomic E-state index is 0.0786. The molecule has 0 radical (unpaired) electrons. The molecule has 0 atom stereocenters. The first-order chi connectivity index (χ1) is 15.7. The highest BCUT2D eigenvalue weighted by Gasteiger charge is 2.37. The van der Waals surface area contributed by atoms with E-state index in [2.05, 4.69) is 10.2 Å². The second-order valence-electron chi connectivity index (χ2n) is 7.59. The first kappa shape index (κ1) is 24.4. The van der Waals surface area contributed by atoms with Crippen molar-refractivity contribution in [2.24, 2.45) is 0 Å². The van der Waals surface area contributed by atoms with Crippen LogP contribution in [0.25, 0.3) is 0 Å². The number of hydrogen-bond donors (Lipinski definition) is 0. The molecule has 7 nitrogen and oxygen atoms in total. The van der Waals surface area contributed by atoms with E-state index in [-0.39, 0.29) is 31.9 Å². The minimum Gasteiger partial charge on any atom is -0.461 e. The second kappa shape index (κ2) is 10.6. The van der Waals surface area contributed by atoms with Gasteiger partial charge in [0.2, 0.25) is 0 Å². The van der Waals surface area contributed by atoms with Crippen molar-refractivity contribution in [2.75, 3.05) is 37.7 Å². The van der Waals surface area contributed by atoms with E-state index in [0.29, 0.717) is 30.6 Å². The molecule has 0 bridgehead atoms. The van der Waals surface area contributed by atoms with Crippen molar-refractivity contribution in [1.82, 2.24) is 15.1 Å². The fourth-order valence-corrected chi connectivity index (χ4v) is 3.44. The summed E-state index contributed by atoms with van der Waals surface area (Å²) in [6.45, 7) is 3.18. The third kappa shape index (κ3) is 6.17. The maximum absolute atomic E-state index is 13.5. The molecule has 2 aromatic rings. The predicted molar refractivity (Wildman–Crippen MR) is 111 cm³/mol. The maximum Gasteiger partial charge on any atom is 0.417 e. The number of piperazine rings is 1. The summed E-state index contributed by atoms with van der Waals surface area (Å²) in [5.41, 5.74) is -1.80. The fourth-order valence-electron chi connectivity index (χ4n) is 3.44. The van der Waals surface area contributed by atoms with Crippen molar-refractivity contribution < 1.29 is 31.9 Å². The van der Waals surface area contributed by atoms with Crippen LogP contribution < -0.4 is 4.90 Å². The Labute approximate surface area is 188 Å². The number of alkyl halides is 3. The molecule has 1 fully saturated rings. The molecule has 1 aliphatic rings. The van der Waals surface area contributed by atoms with Gasteiger partial charge >= 0.3 is 12.1 Å². The molecule has 2 heterocycles. The Kier molecular flexibility index (Phi) is 7.83. The molecule has 1 aromatic heterocycles. The summed E-state index contributed by atoms with van der Waals surface area (Å²) in [6, 6.07) is 4.96. The summed E-state index contributed by atoms with van der Waals surface area (Å²) in [4.78, 5) is 27.7. The first-order valence-corrected chi connectivity index (χ1v) is 10.6. The standard InChI is InChI=1S/C22H24F4N4O3/c1-2-3-4-13-33-21(32)18-7-8-19(28-27-18)29-9-11-30(12-10-29)20(31)16-14-15(23)5-6-17(16)22(24,25)26/h5-8,14H,2-4,9-13H2,1H3. The quantitative estimate of drug-likeness (QED) is 0.348. The van der Waals surface area contributed by atoms with E-state index in [1.807, 2.05) is 6.92 Å². The Hall–Kier alpha value is -3.24. The highest BCUT2D eigenvalue weighted by atomic mass is 19.4. The van der Waals surface area contributed by atoms with Crippen LogP contribution in [0.3, 0.4) is 0 Å². The number of rotatable bonds is 7. The van der Waals surface area contributed by atoms with Crippen LogP contribution in [0, 0.1) is 5.82 Å². The van der Waals surface area contributed by atoms with Gasteiger partial charge in [-0.2, -0.15) is 13.2 Å². The van der Waals surface area contributed by atoms with E-state index in [1.165, 1.54) is 11.0 Å². The Balaban J connectivity index is 1.60. The number of amides is 1. The molecule has 1 amide bonds. The highest BCUT2D eigenvalue weighted by Crippen LogP contribution is 2.33. The molecule has 0 spiro atoms. The maximum atomic E-state index is 13.5. The molecule has 33 heavy (non-hydrogen) atoms. The van der Waals surface area contributed by atoms with Crippen LogP contribution in [-0.4, -0.2) is 59.8 Å². The van der Waals surface area contributed by atoms with Gasteiger partial charge in [0, 0.05) is 26.2 Å². The SMILES string of the molecule is CCCCCOC(=O)c1ccc(N2CCN(C(=O)c3cc(F)ccc3C(F)(F)F)CC2)nn1. The number of ether oxygens (including phenoxy) is 1. The lowest BCUT2D eigenvalue weighted by atomic mass is 10.0. The van der Waals surface area contributed by atoms with Crippen molar-refractivity contribution in [2.45, 2.75) is 32.4 Å². The molecule has 0 unspecified atom stereocenters. The van der Waals surface area contributed by atoms with Gasteiger partial charge in [-0.25, -0.2) is 9.18 Å². The van der Waals surface area contributed by atoms with Crippen molar-refractivity contribution in [3.8, 4) is 0 Å². The summed E-state index contributed by atoms with van der Waals surface area (Å²) in [5, 5.41) is 7.92. The Morgan fingerprint density at radius 3 is 2.36 bits per heavy atom. The first-order valence-electron chi connectivity index (χ1n) is 10.6. The number of aromatic nitrogens is 2. The molecular weight excluding hydrogens is 444 g/mol. The lowest BCUT2D eigenvalue weighted by molar-refractivity contribution is -0.138. The van der Waals surface area contributed by atoms with E-state index in [4.69, 9.17) is 4.74 Å². The second-order valence-corrected chi connectivity index (χ2v) is 7.59. The average molecular weight is 468 g/mol. The van der Waals surface area contributed by atoms with Crippen LogP contribution in [0.2, 0.25) is 0 Å². The Morgan fingerprint density at radius 1 is 1.03 bits per heavy atom. The van der Waals surface area contributed by atoms with E-state index in [0.717, 1.165) is 19.3 Å². The summed E-state index contributed by atoms with van der Waals surface area (Å²) in [7, 11) is 0. The third-order valence-corrected chi connectivity index (χ3v) is 5.25. The number of esters is 1. The average Bonchev–Trinajstić information content (AvgIpc) is 2.80. The Morgan fingerprint density at radius 2 is 1.76 bits per heavy atom. The molecular formula is C22H24F4N4O3. The largest absolute Gasteiger partial charge is 0.461 e. The number of anilines is 1. The minimum atomic E-state index is -4.77. The smallest absolute Gasteiger partial charge is 0.417 e. The van der Waals surface area contributed by atoms with Crippen LogP contribution in [-0.2, 0) is 10.9 Å². The van der Waals surface area contributed by atoms with Gasteiger partial charge in [-0.05, 0) is 36.8 Å². The summed E-state index contributed by atoms with van der Waals surface area (Å²) in [5.74, 6) is -1.89. The van der Waals surface area contributed by atoms with Crippen molar-refractivity contribution in [1.29, 1.82) is 0 Å². The van der Waals surface area contributed by atoms with E-state index < -0.39 is 35.0 Å². The number of hydrogen-bond acceptors (Lipinski definition) is 6. The van der Waals surface area contributed by atoms with Crippen LogP contribution in [0.4, 0.5) is 23.4 Å². The van der Waals surface area contributed by atoms with Gasteiger partial charge < -0.3 is 14.5 Å². The van der Waals surface area contributed by atoms with E-state index >= 15 is 0 Å².